The zero-order chi connectivity index (χ0) is 13.9. The van der Waals surface area contributed by atoms with E-state index in [2.05, 4.69) is 39.9 Å². The van der Waals surface area contributed by atoms with Crippen LogP contribution in [0.1, 0.15) is 53.9 Å². The molecule has 0 radical (unpaired) electrons. The van der Waals surface area contributed by atoms with E-state index >= 15 is 0 Å². The van der Waals surface area contributed by atoms with Crippen LogP contribution in [-0.4, -0.2) is 23.7 Å². The molecule has 0 heterocycles. The van der Waals surface area contributed by atoms with Gasteiger partial charge in [0.1, 0.15) is 0 Å². The van der Waals surface area contributed by atoms with Gasteiger partial charge in [-0.2, -0.15) is 0 Å². The van der Waals surface area contributed by atoms with E-state index in [1.165, 1.54) is 6.42 Å². The molecule has 0 saturated heterocycles. The highest BCUT2D eigenvalue weighted by molar-refractivity contribution is 5.71. The van der Waals surface area contributed by atoms with Crippen molar-refractivity contribution in [2.24, 2.45) is 23.2 Å². The number of hydrogen-bond donors (Lipinski definition) is 2. The van der Waals surface area contributed by atoms with E-state index in [0.29, 0.717) is 17.9 Å². The van der Waals surface area contributed by atoms with Crippen molar-refractivity contribution in [2.75, 3.05) is 6.54 Å². The monoisotopic (exact) mass is 255 g/mol. The third kappa shape index (κ3) is 3.25. The van der Waals surface area contributed by atoms with E-state index in [0.717, 1.165) is 19.4 Å². The van der Waals surface area contributed by atoms with E-state index in [-0.39, 0.29) is 11.3 Å². The molecular weight excluding hydrogens is 226 g/mol. The summed E-state index contributed by atoms with van der Waals surface area (Å²) in [6.07, 6.45) is 2.97. The van der Waals surface area contributed by atoms with Gasteiger partial charge in [0.25, 0.3) is 0 Å². The molecule has 0 spiro atoms. The van der Waals surface area contributed by atoms with Gasteiger partial charge in [0, 0.05) is 6.04 Å². The minimum Gasteiger partial charge on any atom is -0.481 e. The van der Waals surface area contributed by atoms with E-state index in [4.69, 9.17) is 0 Å². The predicted molar refractivity (Wildman–Crippen MR) is 74.6 cm³/mol. The predicted octanol–water partition coefficient (Wildman–Crippen LogP) is 3.15. The molecule has 1 saturated carbocycles. The summed E-state index contributed by atoms with van der Waals surface area (Å²) < 4.78 is 0. The van der Waals surface area contributed by atoms with Crippen molar-refractivity contribution in [3.8, 4) is 0 Å². The van der Waals surface area contributed by atoms with E-state index in [9.17, 15) is 9.90 Å². The summed E-state index contributed by atoms with van der Waals surface area (Å²) in [5.74, 6) is 0.260. The second kappa shape index (κ2) is 6.05. The summed E-state index contributed by atoms with van der Waals surface area (Å²) in [7, 11) is 0. The first-order chi connectivity index (χ1) is 8.30. The fraction of sp³-hybridized carbons (Fsp3) is 0.933. The lowest BCUT2D eigenvalue weighted by Gasteiger charge is -2.46. The number of nitrogens with one attached hydrogen (secondary N) is 1. The minimum atomic E-state index is -0.632. The van der Waals surface area contributed by atoms with Gasteiger partial charge < -0.3 is 10.4 Å². The van der Waals surface area contributed by atoms with Crippen molar-refractivity contribution < 1.29 is 9.90 Å². The molecule has 106 valence electrons. The SMILES string of the molecule is CCC(C)CNC1CCC(C(=O)O)C(C)(C)C1C. The average Bonchev–Trinajstić information content (AvgIpc) is 2.30. The maximum atomic E-state index is 11.3. The van der Waals surface area contributed by atoms with Crippen LogP contribution in [0, 0.1) is 23.2 Å². The van der Waals surface area contributed by atoms with Gasteiger partial charge >= 0.3 is 5.97 Å². The number of carbonyl (C=O) groups is 1. The Morgan fingerprint density at radius 1 is 1.44 bits per heavy atom. The molecule has 0 amide bonds. The number of carboxylic acid groups (broad SMARTS) is 1. The molecule has 1 aliphatic rings. The second-order valence-corrected chi connectivity index (χ2v) is 6.61. The van der Waals surface area contributed by atoms with Crippen molar-refractivity contribution in [1.29, 1.82) is 0 Å². The Labute approximate surface area is 111 Å². The van der Waals surface area contributed by atoms with Crippen LogP contribution in [-0.2, 0) is 4.79 Å². The Kier molecular flexibility index (Phi) is 5.20. The molecule has 1 aliphatic carbocycles. The third-order valence-corrected chi connectivity index (χ3v) is 5.17. The van der Waals surface area contributed by atoms with E-state index < -0.39 is 5.97 Å². The molecule has 18 heavy (non-hydrogen) atoms. The van der Waals surface area contributed by atoms with Gasteiger partial charge in [-0.1, -0.05) is 41.0 Å². The number of aliphatic carboxylic acids is 1. The Hall–Kier alpha value is -0.570. The molecule has 4 unspecified atom stereocenters. The number of hydrogen-bond acceptors (Lipinski definition) is 2. The first kappa shape index (κ1) is 15.5. The third-order valence-electron chi connectivity index (χ3n) is 5.17. The van der Waals surface area contributed by atoms with Crippen molar-refractivity contribution in [1.82, 2.24) is 5.32 Å². The van der Waals surface area contributed by atoms with Crippen LogP contribution >= 0.6 is 0 Å². The lowest BCUT2D eigenvalue weighted by Crippen LogP contribution is -2.51. The molecule has 0 bridgehead atoms. The van der Waals surface area contributed by atoms with Gasteiger partial charge in [-0.15, -0.1) is 0 Å². The standard InChI is InChI=1S/C15H29NO2/c1-6-10(2)9-16-13-8-7-12(14(17)18)15(4,5)11(13)3/h10-13,16H,6-9H2,1-5H3,(H,17,18). The van der Waals surface area contributed by atoms with Crippen molar-refractivity contribution in [2.45, 2.75) is 59.9 Å². The summed E-state index contributed by atoms with van der Waals surface area (Å²) in [5.41, 5.74) is -0.128. The van der Waals surface area contributed by atoms with Gasteiger partial charge in [-0.25, -0.2) is 0 Å². The molecule has 1 fully saturated rings. The van der Waals surface area contributed by atoms with Crippen LogP contribution in [0.4, 0.5) is 0 Å². The molecule has 0 aromatic rings. The van der Waals surface area contributed by atoms with Gasteiger partial charge in [-0.3, -0.25) is 4.79 Å². The van der Waals surface area contributed by atoms with Crippen LogP contribution in [0.25, 0.3) is 0 Å². The zero-order valence-corrected chi connectivity index (χ0v) is 12.5. The molecule has 3 heteroatoms. The molecule has 3 nitrogen and oxygen atoms in total. The molecule has 1 rings (SSSR count). The molecule has 0 aromatic carbocycles. The van der Waals surface area contributed by atoms with Crippen molar-refractivity contribution >= 4 is 5.97 Å². The Morgan fingerprint density at radius 3 is 2.56 bits per heavy atom. The topological polar surface area (TPSA) is 49.3 Å². The van der Waals surface area contributed by atoms with E-state index in [1.807, 2.05) is 0 Å². The quantitative estimate of drug-likeness (QED) is 0.793. The Bertz CT molecular complexity index is 288. The average molecular weight is 255 g/mol. The fourth-order valence-electron chi connectivity index (χ4n) is 3.02. The van der Waals surface area contributed by atoms with Crippen molar-refractivity contribution in [3.05, 3.63) is 0 Å². The minimum absolute atomic E-state index is 0.128. The lowest BCUT2D eigenvalue weighted by atomic mass is 9.61. The second-order valence-electron chi connectivity index (χ2n) is 6.61. The summed E-state index contributed by atoms with van der Waals surface area (Å²) in [4.78, 5) is 11.3. The van der Waals surface area contributed by atoms with Crippen LogP contribution in [0.15, 0.2) is 0 Å². The summed E-state index contributed by atoms with van der Waals surface area (Å²) in [6.45, 7) is 11.9. The van der Waals surface area contributed by atoms with Gasteiger partial charge in [0.05, 0.1) is 5.92 Å². The zero-order valence-electron chi connectivity index (χ0n) is 12.5. The first-order valence-electron chi connectivity index (χ1n) is 7.26. The highest BCUT2D eigenvalue weighted by Crippen LogP contribution is 2.45. The lowest BCUT2D eigenvalue weighted by molar-refractivity contribution is -0.150. The summed E-state index contributed by atoms with van der Waals surface area (Å²) >= 11 is 0. The largest absolute Gasteiger partial charge is 0.481 e. The molecule has 2 N–H and O–H groups in total. The fourth-order valence-corrected chi connectivity index (χ4v) is 3.02. The molecular formula is C15H29NO2. The number of rotatable bonds is 5. The van der Waals surface area contributed by atoms with Gasteiger partial charge in [0.15, 0.2) is 0 Å². The normalized spacial score (nSPS) is 33.1. The molecule has 4 atom stereocenters. The van der Waals surface area contributed by atoms with Crippen LogP contribution < -0.4 is 5.32 Å². The van der Waals surface area contributed by atoms with E-state index in [1.54, 1.807) is 0 Å². The Morgan fingerprint density at radius 2 is 2.06 bits per heavy atom. The van der Waals surface area contributed by atoms with Crippen molar-refractivity contribution in [3.63, 3.8) is 0 Å². The molecule has 0 aliphatic heterocycles. The maximum Gasteiger partial charge on any atom is 0.307 e. The highest BCUT2D eigenvalue weighted by Gasteiger charge is 2.45. The molecule has 0 aromatic heterocycles. The van der Waals surface area contributed by atoms with Gasteiger partial charge in [-0.05, 0) is 36.6 Å². The summed E-state index contributed by atoms with van der Waals surface area (Å²) in [5, 5.41) is 13.0. The summed E-state index contributed by atoms with van der Waals surface area (Å²) in [6, 6.07) is 0.463. The van der Waals surface area contributed by atoms with Crippen LogP contribution in [0.5, 0.6) is 0 Å². The highest BCUT2D eigenvalue weighted by atomic mass is 16.4. The van der Waals surface area contributed by atoms with Gasteiger partial charge in [0.2, 0.25) is 0 Å². The number of carboxylic acids is 1. The van der Waals surface area contributed by atoms with Crippen LogP contribution in [0.3, 0.4) is 0 Å². The smallest absolute Gasteiger partial charge is 0.307 e. The Balaban J connectivity index is 2.63. The first-order valence-corrected chi connectivity index (χ1v) is 7.26. The van der Waals surface area contributed by atoms with Crippen LogP contribution in [0.2, 0.25) is 0 Å². The maximum absolute atomic E-state index is 11.3.